The first kappa shape index (κ1) is 18.1. The minimum atomic E-state index is -3.01. The van der Waals surface area contributed by atoms with Crippen molar-refractivity contribution in [3.63, 3.8) is 0 Å². The maximum atomic E-state index is 13.6. The van der Waals surface area contributed by atoms with E-state index in [1.807, 2.05) is 0 Å². The molecule has 4 nitrogen and oxygen atoms in total. The molecule has 1 saturated carbocycles. The Labute approximate surface area is 148 Å². The van der Waals surface area contributed by atoms with Crippen LogP contribution in [0, 0.1) is 5.82 Å². The number of alkyl halides is 2. The molecular weight excluding hydrogens is 347 g/mol. The molecule has 1 N–H and O–H groups in total. The Balaban J connectivity index is 1.85. The summed E-state index contributed by atoms with van der Waals surface area (Å²) < 4.78 is 48.1. The molecule has 0 heterocycles. The molecule has 1 amide bonds. The van der Waals surface area contributed by atoms with Gasteiger partial charge in [0.05, 0.1) is 12.5 Å². The van der Waals surface area contributed by atoms with Gasteiger partial charge >= 0.3 is 6.61 Å². The van der Waals surface area contributed by atoms with E-state index in [-0.39, 0.29) is 17.4 Å². The molecule has 0 spiro atoms. The van der Waals surface area contributed by atoms with Crippen molar-refractivity contribution in [2.45, 2.75) is 31.3 Å². The molecule has 0 atom stereocenters. The SMILES string of the molecule is COc1ccc(NC(=O)C2(c3cccc(F)c3)CCC2)cc1OC(F)F. The van der Waals surface area contributed by atoms with Crippen molar-refractivity contribution in [1.82, 2.24) is 0 Å². The van der Waals surface area contributed by atoms with Gasteiger partial charge in [-0.15, -0.1) is 0 Å². The predicted molar refractivity (Wildman–Crippen MR) is 90.2 cm³/mol. The lowest BCUT2D eigenvalue weighted by molar-refractivity contribution is -0.124. The minimum absolute atomic E-state index is 0.131. The number of hydrogen-bond acceptors (Lipinski definition) is 3. The van der Waals surface area contributed by atoms with E-state index in [1.165, 1.54) is 37.4 Å². The molecule has 7 heteroatoms. The molecule has 26 heavy (non-hydrogen) atoms. The zero-order valence-electron chi connectivity index (χ0n) is 14.1. The highest BCUT2D eigenvalue weighted by Crippen LogP contribution is 2.45. The largest absolute Gasteiger partial charge is 0.493 e. The van der Waals surface area contributed by atoms with Crippen molar-refractivity contribution in [3.8, 4) is 11.5 Å². The van der Waals surface area contributed by atoms with Crippen molar-refractivity contribution in [1.29, 1.82) is 0 Å². The van der Waals surface area contributed by atoms with E-state index < -0.39 is 17.8 Å². The smallest absolute Gasteiger partial charge is 0.387 e. The van der Waals surface area contributed by atoms with Crippen LogP contribution in [-0.4, -0.2) is 19.6 Å². The Morgan fingerprint density at radius 1 is 1.15 bits per heavy atom. The van der Waals surface area contributed by atoms with Crippen LogP contribution in [0.2, 0.25) is 0 Å². The van der Waals surface area contributed by atoms with E-state index in [0.29, 0.717) is 24.1 Å². The van der Waals surface area contributed by atoms with E-state index in [2.05, 4.69) is 10.1 Å². The number of nitrogens with one attached hydrogen (secondary N) is 1. The lowest BCUT2D eigenvalue weighted by Crippen LogP contribution is -2.46. The number of amides is 1. The number of benzene rings is 2. The Hall–Kier alpha value is -2.70. The summed E-state index contributed by atoms with van der Waals surface area (Å²) >= 11 is 0. The summed E-state index contributed by atoms with van der Waals surface area (Å²) in [6.45, 7) is -3.01. The quantitative estimate of drug-likeness (QED) is 0.820. The van der Waals surface area contributed by atoms with Crippen LogP contribution >= 0.6 is 0 Å². The van der Waals surface area contributed by atoms with Crippen LogP contribution in [0.15, 0.2) is 42.5 Å². The predicted octanol–water partition coefficient (Wildman–Crippen LogP) is 4.50. The number of halogens is 3. The molecule has 1 aliphatic carbocycles. The van der Waals surface area contributed by atoms with E-state index >= 15 is 0 Å². The van der Waals surface area contributed by atoms with Gasteiger partial charge in [0.2, 0.25) is 5.91 Å². The van der Waals surface area contributed by atoms with Crippen molar-refractivity contribution in [2.24, 2.45) is 0 Å². The van der Waals surface area contributed by atoms with Crippen LogP contribution in [0.1, 0.15) is 24.8 Å². The van der Waals surface area contributed by atoms with E-state index in [0.717, 1.165) is 6.42 Å². The molecule has 3 rings (SSSR count). The van der Waals surface area contributed by atoms with Gasteiger partial charge in [-0.3, -0.25) is 4.79 Å². The molecule has 0 saturated heterocycles. The third kappa shape index (κ3) is 3.47. The second kappa shape index (κ2) is 7.27. The van der Waals surface area contributed by atoms with Gasteiger partial charge in [0, 0.05) is 11.8 Å². The van der Waals surface area contributed by atoms with E-state index in [9.17, 15) is 18.0 Å². The van der Waals surface area contributed by atoms with Crippen molar-refractivity contribution in [3.05, 3.63) is 53.8 Å². The average molecular weight is 365 g/mol. The van der Waals surface area contributed by atoms with Gasteiger partial charge in [-0.1, -0.05) is 18.6 Å². The van der Waals surface area contributed by atoms with Gasteiger partial charge in [-0.2, -0.15) is 8.78 Å². The molecule has 0 radical (unpaired) electrons. The molecule has 0 bridgehead atoms. The summed E-state index contributed by atoms with van der Waals surface area (Å²) in [5.74, 6) is -0.748. The topological polar surface area (TPSA) is 47.6 Å². The molecule has 138 valence electrons. The number of rotatable bonds is 6. The number of anilines is 1. The second-order valence-electron chi connectivity index (χ2n) is 6.14. The van der Waals surface area contributed by atoms with Crippen molar-refractivity contribution in [2.75, 3.05) is 12.4 Å². The van der Waals surface area contributed by atoms with Gasteiger partial charge in [0.15, 0.2) is 11.5 Å². The van der Waals surface area contributed by atoms with Crippen LogP contribution in [0.4, 0.5) is 18.9 Å². The summed E-state index contributed by atoms with van der Waals surface area (Å²) in [5.41, 5.74) is 0.0964. The first-order chi connectivity index (χ1) is 12.4. The van der Waals surface area contributed by atoms with Crippen molar-refractivity contribution < 1.29 is 27.4 Å². The second-order valence-corrected chi connectivity index (χ2v) is 6.14. The number of carbonyl (C=O) groups is 1. The number of carbonyl (C=O) groups excluding carboxylic acids is 1. The van der Waals surface area contributed by atoms with Gasteiger partial charge in [-0.25, -0.2) is 4.39 Å². The highest BCUT2D eigenvalue weighted by molar-refractivity contribution is 6.00. The first-order valence-electron chi connectivity index (χ1n) is 8.15. The zero-order valence-corrected chi connectivity index (χ0v) is 14.1. The van der Waals surface area contributed by atoms with Gasteiger partial charge in [0.1, 0.15) is 5.82 Å². The Bertz CT molecular complexity index is 806. The lowest BCUT2D eigenvalue weighted by Gasteiger charge is -2.40. The lowest BCUT2D eigenvalue weighted by atomic mass is 9.63. The fourth-order valence-corrected chi connectivity index (χ4v) is 3.16. The highest BCUT2D eigenvalue weighted by Gasteiger charge is 2.45. The highest BCUT2D eigenvalue weighted by atomic mass is 19.3. The maximum absolute atomic E-state index is 13.6. The van der Waals surface area contributed by atoms with E-state index in [4.69, 9.17) is 4.74 Å². The molecule has 0 aliphatic heterocycles. The van der Waals surface area contributed by atoms with Gasteiger partial charge in [-0.05, 0) is 42.7 Å². The summed E-state index contributed by atoms with van der Waals surface area (Å²) in [6.07, 6.45) is 2.05. The van der Waals surface area contributed by atoms with Crippen LogP contribution in [-0.2, 0) is 10.2 Å². The number of ether oxygens (including phenoxy) is 2. The monoisotopic (exact) mass is 365 g/mol. The van der Waals surface area contributed by atoms with Crippen molar-refractivity contribution >= 4 is 11.6 Å². The standard InChI is InChI=1S/C19H18F3NO3/c1-25-15-7-6-14(11-16(15)26-18(21)22)23-17(24)19(8-3-9-19)12-4-2-5-13(20)10-12/h2,4-7,10-11,18H,3,8-9H2,1H3,(H,23,24). The van der Waals surface area contributed by atoms with E-state index in [1.54, 1.807) is 12.1 Å². The third-order valence-electron chi connectivity index (χ3n) is 4.66. The molecule has 1 fully saturated rings. The zero-order chi connectivity index (χ0) is 18.7. The molecule has 0 aromatic heterocycles. The molecule has 2 aromatic rings. The van der Waals surface area contributed by atoms with Crippen LogP contribution in [0.5, 0.6) is 11.5 Å². The average Bonchev–Trinajstić information content (AvgIpc) is 2.53. The number of methoxy groups -OCH3 is 1. The summed E-state index contributed by atoms with van der Waals surface area (Å²) in [5, 5.41) is 2.73. The molecule has 2 aromatic carbocycles. The maximum Gasteiger partial charge on any atom is 0.387 e. The molecular formula is C19H18F3NO3. The Morgan fingerprint density at radius 3 is 2.50 bits per heavy atom. The summed E-state index contributed by atoms with van der Waals surface area (Å²) in [6, 6.07) is 10.2. The molecule has 0 unspecified atom stereocenters. The normalized spacial score (nSPS) is 15.3. The minimum Gasteiger partial charge on any atom is -0.493 e. The van der Waals surface area contributed by atoms with Crippen LogP contribution in [0.3, 0.4) is 0 Å². The fraction of sp³-hybridized carbons (Fsp3) is 0.316. The fourth-order valence-electron chi connectivity index (χ4n) is 3.16. The summed E-state index contributed by atoms with van der Waals surface area (Å²) in [4.78, 5) is 12.9. The van der Waals surface area contributed by atoms with Crippen LogP contribution in [0.25, 0.3) is 0 Å². The van der Waals surface area contributed by atoms with Gasteiger partial charge in [0.25, 0.3) is 0 Å². The third-order valence-corrected chi connectivity index (χ3v) is 4.66. The summed E-state index contributed by atoms with van der Waals surface area (Å²) in [7, 11) is 1.33. The molecule has 1 aliphatic rings. The van der Waals surface area contributed by atoms with Gasteiger partial charge < -0.3 is 14.8 Å². The Morgan fingerprint density at radius 2 is 1.92 bits per heavy atom. The van der Waals surface area contributed by atoms with Crippen LogP contribution < -0.4 is 14.8 Å². The first-order valence-corrected chi connectivity index (χ1v) is 8.15. The Kier molecular flexibility index (Phi) is 5.06. The number of hydrogen-bond donors (Lipinski definition) is 1.